The van der Waals surface area contributed by atoms with Crippen molar-refractivity contribution in [2.75, 3.05) is 0 Å². The van der Waals surface area contributed by atoms with Gasteiger partial charge in [0.05, 0.1) is 0 Å². The Morgan fingerprint density at radius 3 is 2.94 bits per heavy atom. The predicted molar refractivity (Wildman–Crippen MR) is 63.1 cm³/mol. The van der Waals surface area contributed by atoms with Gasteiger partial charge in [0.1, 0.15) is 0 Å². The van der Waals surface area contributed by atoms with Crippen LogP contribution in [0.1, 0.15) is 43.0 Å². The van der Waals surface area contributed by atoms with Crippen molar-refractivity contribution in [2.45, 2.75) is 38.6 Å². The van der Waals surface area contributed by atoms with Crippen LogP contribution in [0.5, 0.6) is 0 Å². The predicted octanol–water partition coefficient (Wildman–Crippen LogP) is 2.53. The maximum absolute atomic E-state index is 12.9. The van der Waals surface area contributed by atoms with Gasteiger partial charge >= 0.3 is 0 Å². The van der Waals surface area contributed by atoms with E-state index in [1.54, 1.807) is 0 Å². The highest BCUT2D eigenvalue weighted by Gasteiger charge is 2.23. The monoisotopic (exact) mass is 236 g/mol. The highest BCUT2D eigenvalue weighted by Crippen LogP contribution is 2.23. The number of nitrogens with zero attached hydrogens (tertiary/aromatic N) is 1. The molecule has 1 aromatic rings. The van der Waals surface area contributed by atoms with E-state index in [2.05, 4.69) is 17.2 Å². The Morgan fingerprint density at radius 1 is 1.47 bits per heavy atom. The number of nitrogens with one attached hydrogen (secondary N) is 1. The first kappa shape index (κ1) is 12.0. The number of carbonyl (C=O) groups is 1. The minimum absolute atomic E-state index is 0.204. The average molecular weight is 236 g/mol. The smallest absolute Gasteiger partial charge is 0.251 e. The first-order chi connectivity index (χ1) is 8.16. The standard InChI is InChI=1S/C13H17FN2O/c1-9-4-2-3-5-11(9)16-13(17)10-6-7-15-12(14)8-10/h6-9,11H,2-5H2,1H3,(H,16,17)/t9-,11-/m0/s1. The van der Waals surface area contributed by atoms with Crippen LogP contribution in [0.25, 0.3) is 0 Å². The fraction of sp³-hybridized carbons (Fsp3) is 0.538. The molecule has 1 saturated carbocycles. The Balaban J connectivity index is 2.01. The number of hydrogen-bond donors (Lipinski definition) is 1. The van der Waals surface area contributed by atoms with Crippen molar-refractivity contribution in [1.29, 1.82) is 0 Å². The maximum atomic E-state index is 12.9. The van der Waals surface area contributed by atoms with Gasteiger partial charge in [0.25, 0.3) is 5.91 Å². The summed E-state index contributed by atoms with van der Waals surface area (Å²) in [5, 5.41) is 2.98. The molecule has 0 aliphatic heterocycles. The molecule has 0 aromatic carbocycles. The van der Waals surface area contributed by atoms with Crippen molar-refractivity contribution in [1.82, 2.24) is 10.3 Å². The SMILES string of the molecule is C[C@H]1CCCC[C@@H]1NC(=O)c1ccnc(F)c1. The molecular weight excluding hydrogens is 219 g/mol. The van der Waals surface area contributed by atoms with Crippen molar-refractivity contribution < 1.29 is 9.18 Å². The number of aromatic nitrogens is 1. The van der Waals surface area contributed by atoms with E-state index in [1.165, 1.54) is 24.8 Å². The molecule has 92 valence electrons. The van der Waals surface area contributed by atoms with E-state index in [-0.39, 0.29) is 11.9 Å². The lowest BCUT2D eigenvalue weighted by Crippen LogP contribution is -2.41. The molecule has 1 N–H and O–H groups in total. The quantitative estimate of drug-likeness (QED) is 0.802. The van der Waals surface area contributed by atoms with E-state index in [9.17, 15) is 9.18 Å². The summed E-state index contributed by atoms with van der Waals surface area (Å²) in [5.41, 5.74) is 0.343. The third-order valence-corrected chi connectivity index (χ3v) is 3.42. The summed E-state index contributed by atoms with van der Waals surface area (Å²) in [4.78, 5) is 15.3. The molecule has 0 radical (unpaired) electrons. The number of amides is 1. The number of carbonyl (C=O) groups excluding carboxylic acids is 1. The van der Waals surface area contributed by atoms with Crippen LogP contribution in [0.3, 0.4) is 0 Å². The molecule has 4 heteroatoms. The van der Waals surface area contributed by atoms with Gasteiger partial charge in [-0.2, -0.15) is 4.39 Å². The van der Waals surface area contributed by atoms with Crippen molar-refractivity contribution in [2.24, 2.45) is 5.92 Å². The van der Waals surface area contributed by atoms with Crippen LogP contribution in [0, 0.1) is 11.9 Å². The van der Waals surface area contributed by atoms with E-state index in [4.69, 9.17) is 0 Å². The second-order valence-corrected chi connectivity index (χ2v) is 4.71. The van der Waals surface area contributed by atoms with Crippen molar-refractivity contribution in [3.63, 3.8) is 0 Å². The van der Waals surface area contributed by atoms with Gasteiger partial charge < -0.3 is 5.32 Å². The Hall–Kier alpha value is -1.45. The van der Waals surface area contributed by atoms with Crippen LogP contribution >= 0.6 is 0 Å². The Bertz CT molecular complexity index is 408. The summed E-state index contributed by atoms with van der Waals surface area (Å²) in [6.45, 7) is 2.15. The third-order valence-electron chi connectivity index (χ3n) is 3.42. The van der Waals surface area contributed by atoms with Crippen LogP contribution in [0.2, 0.25) is 0 Å². The highest BCUT2D eigenvalue weighted by atomic mass is 19.1. The van der Waals surface area contributed by atoms with Gasteiger partial charge in [-0.3, -0.25) is 4.79 Å². The normalized spacial score (nSPS) is 24.4. The maximum Gasteiger partial charge on any atom is 0.251 e. The van der Waals surface area contributed by atoms with Crippen LogP contribution in [0.15, 0.2) is 18.3 Å². The number of halogens is 1. The molecule has 2 atom stereocenters. The Morgan fingerprint density at radius 2 is 2.24 bits per heavy atom. The Labute approximate surface area is 100 Å². The van der Waals surface area contributed by atoms with E-state index < -0.39 is 5.95 Å². The fourth-order valence-corrected chi connectivity index (χ4v) is 2.33. The molecule has 1 fully saturated rings. The zero-order valence-electron chi connectivity index (χ0n) is 9.95. The van der Waals surface area contributed by atoms with Crippen LogP contribution in [-0.2, 0) is 0 Å². The Kier molecular flexibility index (Phi) is 3.71. The van der Waals surface area contributed by atoms with Crippen LogP contribution in [-0.4, -0.2) is 16.9 Å². The second kappa shape index (κ2) is 5.25. The first-order valence-electron chi connectivity index (χ1n) is 6.09. The molecule has 2 rings (SSSR count). The molecule has 1 aromatic heterocycles. The van der Waals surface area contributed by atoms with Gasteiger partial charge in [-0.1, -0.05) is 19.8 Å². The van der Waals surface area contributed by atoms with Crippen LogP contribution < -0.4 is 5.32 Å². The lowest BCUT2D eigenvalue weighted by Gasteiger charge is -2.29. The summed E-state index contributed by atoms with van der Waals surface area (Å²) in [5.74, 6) is -0.321. The van der Waals surface area contributed by atoms with E-state index >= 15 is 0 Å². The topological polar surface area (TPSA) is 42.0 Å². The van der Waals surface area contributed by atoms with E-state index in [0.717, 1.165) is 19.3 Å². The molecule has 0 spiro atoms. The molecule has 1 aliphatic rings. The molecular formula is C13H17FN2O. The summed E-state index contributed by atoms with van der Waals surface area (Å²) in [6.07, 6.45) is 5.86. The lowest BCUT2D eigenvalue weighted by molar-refractivity contribution is 0.0909. The molecule has 1 heterocycles. The lowest BCUT2D eigenvalue weighted by atomic mass is 9.86. The first-order valence-corrected chi connectivity index (χ1v) is 6.09. The molecule has 1 amide bonds. The number of pyridine rings is 1. The minimum atomic E-state index is -0.616. The fourth-order valence-electron chi connectivity index (χ4n) is 2.33. The largest absolute Gasteiger partial charge is 0.349 e. The van der Waals surface area contributed by atoms with Gasteiger partial charge in [0.15, 0.2) is 0 Å². The van der Waals surface area contributed by atoms with Crippen molar-refractivity contribution >= 4 is 5.91 Å². The van der Waals surface area contributed by atoms with Gasteiger partial charge in [-0.25, -0.2) is 4.98 Å². The highest BCUT2D eigenvalue weighted by molar-refractivity contribution is 5.94. The zero-order valence-corrected chi connectivity index (χ0v) is 9.95. The minimum Gasteiger partial charge on any atom is -0.349 e. The molecule has 17 heavy (non-hydrogen) atoms. The molecule has 1 aliphatic carbocycles. The summed E-state index contributed by atoms with van der Waals surface area (Å²) in [7, 11) is 0. The molecule has 0 saturated heterocycles. The number of rotatable bonds is 2. The van der Waals surface area contributed by atoms with E-state index in [1.807, 2.05) is 0 Å². The average Bonchev–Trinajstić information content (AvgIpc) is 2.32. The van der Waals surface area contributed by atoms with Crippen molar-refractivity contribution in [3.8, 4) is 0 Å². The summed E-state index contributed by atoms with van der Waals surface area (Å²) in [6, 6.07) is 2.92. The number of hydrogen-bond acceptors (Lipinski definition) is 2. The van der Waals surface area contributed by atoms with E-state index in [0.29, 0.717) is 11.5 Å². The van der Waals surface area contributed by atoms with Crippen LogP contribution in [0.4, 0.5) is 4.39 Å². The summed E-state index contributed by atoms with van der Waals surface area (Å²) >= 11 is 0. The molecule has 3 nitrogen and oxygen atoms in total. The van der Waals surface area contributed by atoms with Crippen molar-refractivity contribution in [3.05, 3.63) is 29.8 Å². The zero-order chi connectivity index (χ0) is 12.3. The molecule has 0 unspecified atom stereocenters. The van der Waals surface area contributed by atoms with Gasteiger partial charge in [-0.05, 0) is 24.8 Å². The van der Waals surface area contributed by atoms with Gasteiger partial charge in [0, 0.05) is 23.9 Å². The summed E-state index contributed by atoms with van der Waals surface area (Å²) < 4.78 is 12.9. The third kappa shape index (κ3) is 3.02. The molecule has 0 bridgehead atoms. The van der Waals surface area contributed by atoms with Gasteiger partial charge in [0.2, 0.25) is 5.95 Å². The van der Waals surface area contributed by atoms with Gasteiger partial charge in [-0.15, -0.1) is 0 Å². The second-order valence-electron chi connectivity index (χ2n) is 4.71.